The van der Waals surface area contributed by atoms with E-state index in [1.807, 2.05) is 71.3 Å². The second kappa shape index (κ2) is 20.2. The highest BCUT2D eigenvalue weighted by Crippen LogP contribution is 2.70. The van der Waals surface area contributed by atoms with Crippen molar-refractivity contribution in [1.29, 1.82) is 0 Å². The smallest absolute Gasteiger partial charge is 0.246 e. The van der Waals surface area contributed by atoms with Crippen LogP contribution in [0, 0.1) is 45.8 Å². The fourth-order valence-corrected chi connectivity index (χ4v) is 14.1. The number of nitrogens with one attached hydrogen (secondary N) is 3. The van der Waals surface area contributed by atoms with Gasteiger partial charge in [-0.3, -0.25) is 24.0 Å². The summed E-state index contributed by atoms with van der Waals surface area (Å²) in [6.45, 7) is 22.0. The van der Waals surface area contributed by atoms with Gasteiger partial charge < -0.3 is 35.4 Å². The first kappa shape index (κ1) is 52.4. The largest absolute Gasteiger partial charge is 0.504 e. The number of ether oxygens (including phenoxy) is 2. The maximum absolute atomic E-state index is 14.1. The molecule has 5 aliphatic carbocycles. The molecule has 2 heterocycles. The van der Waals surface area contributed by atoms with Gasteiger partial charge in [0.2, 0.25) is 29.4 Å². The molecule has 3 saturated carbocycles. The Morgan fingerprint density at radius 2 is 1.63 bits per heavy atom. The zero-order valence-electron chi connectivity index (χ0n) is 43.7. The Bertz CT molecular complexity index is 2550. The standard InChI is InChI=1S/C57H77N5O8S/c1-34-39-17-18-45-56(9,41(39)30-44(63)47(34)65)20-19-40-42-31-55(8,22-21-54(42,7)23-24-57(40,45)10)52(68)58-25-27-69-28-29-70-32-46(64)61-49(53(4,5)6)51(67)62-26-11-12-43(62)50(66)60-35(2)37-13-15-38(16-14-37)48-36(3)59-33-71-48/h13-18,30,33,35,40,42-43,49,65H,11-12,19-29,31-32H2,1-10H3,(H,58,68)(H,60,66)(H,61,64). The number of hydrogen-bond donors (Lipinski definition) is 4. The number of likely N-dealkylation sites (tertiary alicyclic amines) is 1. The molecule has 0 bridgehead atoms. The Morgan fingerprint density at radius 3 is 2.34 bits per heavy atom. The van der Waals surface area contributed by atoms with Gasteiger partial charge in [-0.2, -0.15) is 0 Å². The van der Waals surface area contributed by atoms with Crippen LogP contribution in [-0.4, -0.2) is 96.0 Å². The number of aryl methyl sites for hydroxylation is 1. The molecule has 384 valence electrons. The SMILES string of the molecule is CC1=C(O)C(=O)C=C2C1=CC=C1C2(C)CCC2C3CC(C)(C(=O)NCCOCCOCC(=O)NC(C(=O)N4CCCC4C(=O)NC(C)c4ccc(-c5scnc5C)cc4)C(C)(C)C)CCC3(C)CCC12C. The maximum Gasteiger partial charge on any atom is 0.246 e. The molecule has 1 aromatic carbocycles. The van der Waals surface area contributed by atoms with E-state index < -0.39 is 28.8 Å². The van der Waals surface area contributed by atoms with Crippen molar-refractivity contribution in [2.24, 2.45) is 38.9 Å². The number of carbonyl (C=O) groups is 5. The summed E-state index contributed by atoms with van der Waals surface area (Å²) < 4.78 is 11.5. The minimum Gasteiger partial charge on any atom is -0.504 e. The van der Waals surface area contributed by atoms with Crippen molar-refractivity contribution >= 4 is 40.7 Å². The highest BCUT2D eigenvalue weighted by molar-refractivity contribution is 7.13. The number of fused-ring (bicyclic) bond motifs is 7. The quantitative estimate of drug-likeness (QED) is 0.127. The molecule has 2 aromatic rings. The number of aliphatic hydroxyl groups excluding tert-OH is 1. The fraction of sp³-hybridized carbons (Fsp3) is 0.614. The molecule has 8 rings (SSSR count). The third kappa shape index (κ3) is 10.1. The molecule has 1 saturated heterocycles. The van der Waals surface area contributed by atoms with Crippen molar-refractivity contribution in [2.45, 2.75) is 145 Å². The predicted molar refractivity (Wildman–Crippen MR) is 276 cm³/mol. The summed E-state index contributed by atoms with van der Waals surface area (Å²) in [5.41, 5.74) is 7.60. The maximum atomic E-state index is 14.1. The van der Waals surface area contributed by atoms with Crippen LogP contribution in [-0.2, 0) is 33.4 Å². The van der Waals surface area contributed by atoms with E-state index in [9.17, 15) is 29.1 Å². The molecular formula is C57H77N5O8S. The molecule has 4 N–H and O–H groups in total. The summed E-state index contributed by atoms with van der Waals surface area (Å²) in [7, 11) is 0. The van der Waals surface area contributed by atoms with Crippen LogP contribution in [0.5, 0.6) is 0 Å². The number of aliphatic hydroxyl groups is 1. The Labute approximate surface area is 424 Å². The molecule has 1 aromatic heterocycles. The molecular weight excluding hydrogens is 915 g/mol. The van der Waals surface area contributed by atoms with Crippen LogP contribution < -0.4 is 16.0 Å². The number of amides is 4. The van der Waals surface area contributed by atoms with Gasteiger partial charge in [0.05, 0.1) is 41.9 Å². The molecule has 1 aliphatic heterocycles. The highest BCUT2D eigenvalue weighted by atomic mass is 32.1. The molecule has 13 nitrogen and oxygen atoms in total. The summed E-state index contributed by atoms with van der Waals surface area (Å²) in [6, 6.07) is 6.32. The van der Waals surface area contributed by atoms with Crippen LogP contribution in [0.3, 0.4) is 0 Å². The zero-order valence-corrected chi connectivity index (χ0v) is 44.5. The minimum atomic E-state index is -0.866. The number of thiazole rings is 1. The Morgan fingerprint density at radius 1 is 0.915 bits per heavy atom. The van der Waals surface area contributed by atoms with Gasteiger partial charge in [-0.05, 0) is 135 Å². The molecule has 9 atom stereocenters. The van der Waals surface area contributed by atoms with E-state index in [2.05, 4.69) is 60.8 Å². The molecule has 14 heteroatoms. The van der Waals surface area contributed by atoms with Crippen molar-refractivity contribution in [3.63, 3.8) is 0 Å². The van der Waals surface area contributed by atoms with Gasteiger partial charge >= 0.3 is 0 Å². The van der Waals surface area contributed by atoms with E-state index >= 15 is 0 Å². The first-order valence-electron chi connectivity index (χ1n) is 26.0. The fourth-order valence-electron chi connectivity index (χ4n) is 13.3. The van der Waals surface area contributed by atoms with Crippen LogP contribution in [0.25, 0.3) is 10.4 Å². The molecule has 4 amide bonds. The molecule has 6 aliphatic rings. The van der Waals surface area contributed by atoms with E-state index in [0.717, 1.165) is 77.8 Å². The van der Waals surface area contributed by atoms with Crippen molar-refractivity contribution in [3.8, 4) is 10.4 Å². The van der Waals surface area contributed by atoms with E-state index in [1.54, 1.807) is 22.3 Å². The Balaban J connectivity index is 0.770. The lowest BCUT2D eigenvalue weighted by Crippen LogP contribution is -2.58. The van der Waals surface area contributed by atoms with Crippen molar-refractivity contribution in [2.75, 3.05) is 39.5 Å². The number of allylic oxidation sites excluding steroid dienone is 7. The zero-order chi connectivity index (χ0) is 51.3. The number of aromatic nitrogens is 1. The van der Waals surface area contributed by atoms with Gasteiger partial charge in [-0.15, -0.1) is 11.3 Å². The van der Waals surface area contributed by atoms with Crippen LogP contribution in [0.4, 0.5) is 0 Å². The average molecular weight is 992 g/mol. The van der Waals surface area contributed by atoms with Gasteiger partial charge in [0.15, 0.2) is 5.76 Å². The van der Waals surface area contributed by atoms with Crippen molar-refractivity contribution < 1.29 is 38.6 Å². The lowest BCUT2D eigenvalue weighted by atomic mass is 9.39. The monoisotopic (exact) mass is 992 g/mol. The first-order chi connectivity index (χ1) is 33.5. The van der Waals surface area contributed by atoms with Crippen molar-refractivity contribution in [1.82, 2.24) is 25.8 Å². The normalized spacial score (nSPS) is 30.1. The van der Waals surface area contributed by atoms with Crippen LogP contribution in [0.2, 0.25) is 0 Å². The highest BCUT2D eigenvalue weighted by Gasteiger charge is 2.62. The second-order valence-electron chi connectivity index (χ2n) is 23.6. The number of carbonyl (C=O) groups excluding carboxylic acids is 5. The first-order valence-corrected chi connectivity index (χ1v) is 26.8. The van der Waals surface area contributed by atoms with Gasteiger partial charge in [0.25, 0.3) is 0 Å². The Hall–Kier alpha value is -4.92. The summed E-state index contributed by atoms with van der Waals surface area (Å²) >= 11 is 1.60. The van der Waals surface area contributed by atoms with E-state index in [4.69, 9.17) is 9.47 Å². The summed E-state index contributed by atoms with van der Waals surface area (Å²) in [4.78, 5) is 74.9. The number of benzene rings is 1. The van der Waals surface area contributed by atoms with Crippen LogP contribution >= 0.6 is 11.3 Å². The number of rotatable bonds is 15. The topological polar surface area (TPSA) is 176 Å². The summed E-state index contributed by atoms with van der Waals surface area (Å²) in [6.07, 6.45) is 14.1. The van der Waals surface area contributed by atoms with Crippen LogP contribution in [0.15, 0.2) is 76.1 Å². The lowest BCUT2D eigenvalue weighted by molar-refractivity contribution is -0.145. The number of ketones is 1. The van der Waals surface area contributed by atoms with Gasteiger partial charge in [-0.25, -0.2) is 4.98 Å². The molecule has 0 radical (unpaired) electrons. The Kier molecular flexibility index (Phi) is 14.9. The molecule has 71 heavy (non-hydrogen) atoms. The van der Waals surface area contributed by atoms with Gasteiger partial charge in [0, 0.05) is 29.5 Å². The van der Waals surface area contributed by atoms with Crippen molar-refractivity contribution in [3.05, 3.63) is 87.3 Å². The second-order valence-corrected chi connectivity index (χ2v) is 24.4. The summed E-state index contributed by atoms with van der Waals surface area (Å²) in [5.74, 6) is -0.543. The number of nitrogens with zero attached hydrogens (tertiary/aromatic N) is 2. The minimum absolute atomic E-state index is 0.0592. The van der Waals surface area contributed by atoms with E-state index in [0.29, 0.717) is 49.9 Å². The average Bonchev–Trinajstić information content (AvgIpc) is 4.00. The van der Waals surface area contributed by atoms with E-state index in [1.165, 1.54) is 5.57 Å². The summed E-state index contributed by atoms with van der Waals surface area (Å²) in [5, 5.41) is 19.7. The van der Waals surface area contributed by atoms with Gasteiger partial charge in [0.1, 0.15) is 18.7 Å². The molecule has 9 unspecified atom stereocenters. The lowest BCUT2D eigenvalue weighted by Gasteiger charge is -2.65. The predicted octanol–water partition coefficient (Wildman–Crippen LogP) is 9.20. The van der Waals surface area contributed by atoms with E-state index in [-0.39, 0.29) is 71.4 Å². The third-order valence-electron chi connectivity index (χ3n) is 17.8. The third-order valence-corrected chi connectivity index (χ3v) is 18.8. The molecule has 0 spiro atoms. The molecule has 4 fully saturated rings. The van der Waals surface area contributed by atoms with Crippen LogP contribution in [0.1, 0.15) is 137 Å². The number of hydrogen-bond acceptors (Lipinski definition) is 10. The van der Waals surface area contributed by atoms with Gasteiger partial charge in [-0.1, -0.05) is 90.5 Å².